The van der Waals surface area contributed by atoms with E-state index in [1.807, 2.05) is 18.2 Å². The number of para-hydroxylation sites is 2. The van der Waals surface area contributed by atoms with Gasteiger partial charge in [-0.3, -0.25) is 0 Å². The van der Waals surface area contributed by atoms with Crippen molar-refractivity contribution in [3.63, 3.8) is 0 Å². The molecule has 0 amide bonds. The van der Waals surface area contributed by atoms with Crippen LogP contribution in [0.25, 0.3) is 11.1 Å². The van der Waals surface area contributed by atoms with Crippen LogP contribution in [-0.4, -0.2) is 18.1 Å². The van der Waals surface area contributed by atoms with Crippen LogP contribution in [-0.2, 0) is 11.3 Å². The Morgan fingerprint density at radius 3 is 2.86 bits per heavy atom. The molecule has 2 aromatic carbocycles. The van der Waals surface area contributed by atoms with Gasteiger partial charge in [-0.05, 0) is 30.3 Å². The van der Waals surface area contributed by atoms with Crippen LogP contribution in [0.5, 0.6) is 5.75 Å². The summed E-state index contributed by atoms with van der Waals surface area (Å²) in [5.41, 5.74) is 1.62. The van der Waals surface area contributed by atoms with Gasteiger partial charge < -0.3 is 13.9 Å². The minimum absolute atomic E-state index is 0.0663. The molecule has 112 valence electrons. The first kappa shape index (κ1) is 14.4. The van der Waals surface area contributed by atoms with Crippen molar-refractivity contribution in [1.29, 1.82) is 0 Å². The third-order valence-electron chi connectivity index (χ3n) is 3.05. The Kier molecular flexibility index (Phi) is 3.98. The molecule has 5 nitrogen and oxygen atoms in total. The third-order valence-corrected chi connectivity index (χ3v) is 3.28. The van der Waals surface area contributed by atoms with Gasteiger partial charge in [-0.25, -0.2) is 9.78 Å². The van der Waals surface area contributed by atoms with Gasteiger partial charge in [-0.1, -0.05) is 23.7 Å². The molecule has 0 saturated heterocycles. The molecule has 0 saturated carbocycles. The highest BCUT2D eigenvalue weighted by Crippen LogP contribution is 2.24. The van der Waals surface area contributed by atoms with E-state index in [0.717, 1.165) is 0 Å². The van der Waals surface area contributed by atoms with Crippen molar-refractivity contribution in [3.8, 4) is 5.75 Å². The van der Waals surface area contributed by atoms with Crippen molar-refractivity contribution in [2.45, 2.75) is 6.61 Å². The number of nitrogens with zero attached hydrogens (tertiary/aromatic N) is 1. The van der Waals surface area contributed by atoms with E-state index in [0.29, 0.717) is 27.8 Å². The lowest BCUT2D eigenvalue weighted by Crippen LogP contribution is -2.07. The summed E-state index contributed by atoms with van der Waals surface area (Å²) >= 11 is 5.89. The van der Waals surface area contributed by atoms with Gasteiger partial charge in [0.15, 0.2) is 12.2 Å². The standard InChI is InChI=1S/C16H12ClNO4/c1-20-13-7-6-10(17)8-11(13)16(19)21-9-15-18-12-4-2-3-5-14(12)22-15/h2-8H,9H2,1H3. The Balaban J connectivity index is 1.76. The van der Waals surface area contributed by atoms with Gasteiger partial charge in [0.25, 0.3) is 0 Å². The maximum Gasteiger partial charge on any atom is 0.342 e. The molecular formula is C16H12ClNO4. The summed E-state index contributed by atoms with van der Waals surface area (Å²) in [5, 5.41) is 0.426. The zero-order valence-corrected chi connectivity index (χ0v) is 12.5. The lowest BCUT2D eigenvalue weighted by atomic mass is 10.2. The number of carbonyl (C=O) groups is 1. The molecule has 3 aromatic rings. The summed E-state index contributed by atoms with van der Waals surface area (Å²) in [6, 6.07) is 12.1. The highest BCUT2D eigenvalue weighted by atomic mass is 35.5. The van der Waals surface area contributed by atoms with Crippen molar-refractivity contribution in [2.75, 3.05) is 7.11 Å². The van der Waals surface area contributed by atoms with Crippen molar-refractivity contribution in [2.24, 2.45) is 0 Å². The predicted octanol–water partition coefficient (Wildman–Crippen LogP) is 3.85. The maximum absolute atomic E-state index is 12.1. The van der Waals surface area contributed by atoms with Crippen LogP contribution in [0.15, 0.2) is 46.9 Å². The third kappa shape index (κ3) is 2.89. The molecule has 0 spiro atoms. The summed E-state index contributed by atoms with van der Waals surface area (Å²) in [6.45, 7) is -0.0663. The lowest BCUT2D eigenvalue weighted by molar-refractivity contribution is 0.0436. The van der Waals surface area contributed by atoms with E-state index < -0.39 is 5.97 Å². The quantitative estimate of drug-likeness (QED) is 0.684. The summed E-state index contributed by atoms with van der Waals surface area (Å²) in [4.78, 5) is 16.4. The molecular weight excluding hydrogens is 306 g/mol. The van der Waals surface area contributed by atoms with Crippen molar-refractivity contribution >= 4 is 28.7 Å². The van der Waals surface area contributed by atoms with Crippen LogP contribution in [0.2, 0.25) is 5.02 Å². The highest BCUT2D eigenvalue weighted by molar-refractivity contribution is 6.31. The number of benzene rings is 2. The first-order valence-electron chi connectivity index (χ1n) is 6.52. The van der Waals surface area contributed by atoms with Crippen LogP contribution in [0.3, 0.4) is 0 Å². The molecule has 3 rings (SSSR count). The van der Waals surface area contributed by atoms with Crippen molar-refractivity contribution in [3.05, 3.63) is 58.9 Å². The van der Waals surface area contributed by atoms with Crippen molar-refractivity contribution in [1.82, 2.24) is 4.98 Å². The Bertz CT molecular complexity index is 795. The molecule has 0 aliphatic carbocycles. The highest BCUT2D eigenvalue weighted by Gasteiger charge is 2.16. The van der Waals surface area contributed by atoms with Gasteiger partial charge in [0.1, 0.15) is 16.8 Å². The number of aromatic nitrogens is 1. The number of fused-ring (bicyclic) bond motifs is 1. The fourth-order valence-corrected chi connectivity index (χ4v) is 2.20. The Hall–Kier alpha value is -2.53. The summed E-state index contributed by atoms with van der Waals surface area (Å²) in [6.07, 6.45) is 0. The second-order valence-corrected chi connectivity index (χ2v) is 4.93. The zero-order chi connectivity index (χ0) is 15.5. The number of ether oxygens (including phenoxy) is 2. The SMILES string of the molecule is COc1ccc(Cl)cc1C(=O)OCc1nc2ccccc2o1. The van der Waals surface area contributed by atoms with E-state index in [4.69, 9.17) is 25.5 Å². The fraction of sp³-hybridized carbons (Fsp3) is 0.125. The average molecular weight is 318 g/mol. The predicted molar refractivity (Wildman–Crippen MR) is 81.1 cm³/mol. The summed E-state index contributed by atoms with van der Waals surface area (Å²) in [5.74, 6) is 0.170. The molecule has 0 unspecified atom stereocenters. The lowest BCUT2D eigenvalue weighted by Gasteiger charge is -2.08. The number of halogens is 1. The smallest absolute Gasteiger partial charge is 0.342 e. The average Bonchev–Trinajstić information content (AvgIpc) is 2.95. The van der Waals surface area contributed by atoms with Gasteiger partial charge in [-0.2, -0.15) is 0 Å². The van der Waals surface area contributed by atoms with Gasteiger partial charge in [-0.15, -0.1) is 0 Å². The molecule has 0 fully saturated rings. The fourth-order valence-electron chi connectivity index (χ4n) is 2.03. The van der Waals surface area contributed by atoms with E-state index in [2.05, 4.69) is 4.98 Å². The molecule has 1 heterocycles. The number of esters is 1. The van der Waals surface area contributed by atoms with Crippen LogP contribution in [0.4, 0.5) is 0 Å². The maximum atomic E-state index is 12.1. The number of carbonyl (C=O) groups excluding carboxylic acids is 1. The minimum atomic E-state index is -0.554. The molecule has 1 aromatic heterocycles. The zero-order valence-electron chi connectivity index (χ0n) is 11.7. The Labute approximate surface area is 131 Å². The number of oxazole rings is 1. The first-order chi connectivity index (χ1) is 10.7. The molecule has 0 aliphatic rings. The van der Waals surface area contributed by atoms with Gasteiger partial charge in [0.2, 0.25) is 5.89 Å². The molecule has 0 radical (unpaired) electrons. The van der Waals surface area contributed by atoms with Gasteiger partial charge >= 0.3 is 5.97 Å². The van der Waals surface area contributed by atoms with Crippen LogP contribution in [0, 0.1) is 0 Å². The number of hydrogen-bond acceptors (Lipinski definition) is 5. The second kappa shape index (κ2) is 6.07. The first-order valence-corrected chi connectivity index (χ1v) is 6.90. The van der Waals surface area contributed by atoms with Crippen LogP contribution < -0.4 is 4.74 Å². The summed E-state index contributed by atoms with van der Waals surface area (Å²) in [7, 11) is 1.47. The molecule has 0 N–H and O–H groups in total. The largest absolute Gasteiger partial charge is 0.496 e. The van der Waals surface area contributed by atoms with Gasteiger partial charge in [0.05, 0.1) is 7.11 Å². The Morgan fingerprint density at radius 2 is 2.09 bits per heavy atom. The second-order valence-electron chi connectivity index (χ2n) is 4.50. The molecule has 6 heteroatoms. The molecule has 0 atom stereocenters. The monoisotopic (exact) mass is 317 g/mol. The number of hydrogen-bond donors (Lipinski definition) is 0. The topological polar surface area (TPSA) is 61.6 Å². The van der Waals surface area contributed by atoms with E-state index in [1.54, 1.807) is 18.2 Å². The van der Waals surface area contributed by atoms with E-state index in [1.165, 1.54) is 13.2 Å². The minimum Gasteiger partial charge on any atom is -0.496 e. The summed E-state index contributed by atoms with van der Waals surface area (Å²) < 4.78 is 15.8. The molecule has 0 aliphatic heterocycles. The van der Waals surface area contributed by atoms with Crippen LogP contribution in [0.1, 0.15) is 16.2 Å². The Morgan fingerprint density at radius 1 is 1.27 bits per heavy atom. The molecule has 22 heavy (non-hydrogen) atoms. The van der Waals surface area contributed by atoms with E-state index >= 15 is 0 Å². The van der Waals surface area contributed by atoms with Gasteiger partial charge in [0, 0.05) is 5.02 Å². The number of rotatable bonds is 4. The van der Waals surface area contributed by atoms with E-state index in [9.17, 15) is 4.79 Å². The van der Waals surface area contributed by atoms with Crippen molar-refractivity contribution < 1.29 is 18.7 Å². The normalized spacial score (nSPS) is 10.6. The molecule has 0 bridgehead atoms. The van der Waals surface area contributed by atoms with Crippen LogP contribution >= 0.6 is 11.6 Å². The number of methoxy groups -OCH3 is 1. The van der Waals surface area contributed by atoms with E-state index in [-0.39, 0.29) is 12.2 Å².